The molecule has 0 atom stereocenters. The van der Waals surface area contributed by atoms with E-state index >= 15 is 0 Å². The van der Waals surface area contributed by atoms with Crippen LogP contribution in [0.3, 0.4) is 0 Å². The van der Waals surface area contributed by atoms with Crippen LogP contribution in [0.4, 0.5) is 5.69 Å². The van der Waals surface area contributed by atoms with Crippen LogP contribution in [0.1, 0.15) is 13.8 Å². The van der Waals surface area contributed by atoms with Crippen LogP contribution in [-0.4, -0.2) is 31.2 Å². The smallest absolute Gasteiger partial charge is 0.116 e. The third-order valence-electron chi connectivity index (χ3n) is 5.69. The lowest BCUT2D eigenvalue weighted by atomic mass is 10.0. The van der Waals surface area contributed by atoms with Gasteiger partial charge in [-0.2, -0.15) is 5.10 Å². The Kier molecular flexibility index (Phi) is 4.47. The minimum absolute atomic E-state index is 0.341. The fourth-order valence-corrected chi connectivity index (χ4v) is 4.22. The summed E-state index contributed by atoms with van der Waals surface area (Å²) in [4.78, 5) is 12.5. The molecule has 6 aromatic rings. The molecule has 3 N–H and O–H groups in total. The molecule has 0 saturated heterocycles. The van der Waals surface area contributed by atoms with Crippen molar-refractivity contribution >= 4 is 27.5 Å². The molecule has 6 rings (SSSR count). The summed E-state index contributed by atoms with van der Waals surface area (Å²) in [6, 6.07) is 14.8. The van der Waals surface area contributed by atoms with Crippen molar-refractivity contribution in [2.24, 2.45) is 0 Å². The van der Waals surface area contributed by atoms with Crippen LogP contribution in [0.2, 0.25) is 0 Å². The van der Waals surface area contributed by atoms with Crippen molar-refractivity contribution in [3.63, 3.8) is 0 Å². The normalized spacial score (nSPS) is 11.6. The fraction of sp³-hybridized carbons (Fsp3) is 0.115. The Morgan fingerprint density at radius 1 is 0.879 bits per heavy atom. The van der Waals surface area contributed by atoms with E-state index in [4.69, 9.17) is 4.42 Å². The number of fused-ring (bicyclic) bond motifs is 2. The van der Waals surface area contributed by atoms with Gasteiger partial charge in [0.2, 0.25) is 0 Å². The molecule has 0 radical (unpaired) electrons. The third-order valence-corrected chi connectivity index (χ3v) is 5.69. The molecule has 0 fully saturated rings. The van der Waals surface area contributed by atoms with Gasteiger partial charge in [-0.05, 0) is 55.8 Å². The minimum Gasteiger partial charge on any atom is -0.472 e. The number of furan rings is 1. The summed E-state index contributed by atoms with van der Waals surface area (Å²) in [5.74, 6) is 0. The molecule has 33 heavy (non-hydrogen) atoms. The highest BCUT2D eigenvalue weighted by Gasteiger charge is 2.15. The lowest BCUT2D eigenvalue weighted by molar-refractivity contribution is 0.568. The van der Waals surface area contributed by atoms with E-state index in [1.807, 2.05) is 24.5 Å². The van der Waals surface area contributed by atoms with Crippen LogP contribution in [0.5, 0.6) is 0 Å². The van der Waals surface area contributed by atoms with Crippen LogP contribution in [-0.2, 0) is 0 Å². The summed E-state index contributed by atoms with van der Waals surface area (Å²) in [6.45, 7) is 4.23. The van der Waals surface area contributed by atoms with Crippen LogP contribution in [0.15, 0.2) is 78.0 Å². The summed E-state index contributed by atoms with van der Waals surface area (Å²) in [7, 11) is 0. The van der Waals surface area contributed by atoms with Crippen LogP contribution in [0.25, 0.3) is 55.6 Å². The van der Waals surface area contributed by atoms with Gasteiger partial charge in [-0.25, -0.2) is 0 Å². The second kappa shape index (κ2) is 7.63. The topological polar surface area (TPSA) is 95.4 Å². The predicted octanol–water partition coefficient (Wildman–Crippen LogP) is 6.25. The van der Waals surface area contributed by atoms with Gasteiger partial charge in [0.1, 0.15) is 5.69 Å². The molecule has 0 aliphatic carbocycles. The predicted molar refractivity (Wildman–Crippen MR) is 131 cm³/mol. The molecule has 0 unspecified atom stereocenters. The van der Waals surface area contributed by atoms with E-state index in [-0.39, 0.29) is 0 Å². The first-order chi connectivity index (χ1) is 16.2. The highest BCUT2D eigenvalue weighted by Crippen LogP contribution is 2.34. The van der Waals surface area contributed by atoms with E-state index in [2.05, 4.69) is 74.6 Å². The maximum Gasteiger partial charge on any atom is 0.116 e. The van der Waals surface area contributed by atoms with Gasteiger partial charge in [-0.1, -0.05) is 6.07 Å². The van der Waals surface area contributed by atoms with Crippen molar-refractivity contribution in [2.45, 2.75) is 19.9 Å². The van der Waals surface area contributed by atoms with Crippen molar-refractivity contribution in [1.82, 2.24) is 25.1 Å². The molecule has 0 aliphatic heterocycles. The van der Waals surface area contributed by atoms with Crippen molar-refractivity contribution in [2.75, 3.05) is 5.32 Å². The number of H-pyrrole nitrogens is 2. The second-order valence-electron chi connectivity index (χ2n) is 8.41. The maximum atomic E-state index is 5.26. The Bertz CT molecular complexity index is 1580. The molecular formula is C26H22N6O. The van der Waals surface area contributed by atoms with Gasteiger partial charge in [0.15, 0.2) is 0 Å². The third kappa shape index (κ3) is 3.43. The summed E-state index contributed by atoms with van der Waals surface area (Å²) in [5, 5.41) is 13.3. The number of pyridine rings is 2. The molecule has 5 heterocycles. The lowest BCUT2D eigenvalue weighted by Gasteiger charge is -2.11. The molecule has 0 amide bonds. The summed E-state index contributed by atoms with van der Waals surface area (Å²) in [6.07, 6.45) is 8.91. The number of rotatable bonds is 5. The Balaban J connectivity index is 1.45. The Morgan fingerprint density at radius 3 is 2.64 bits per heavy atom. The van der Waals surface area contributed by atoms with E-state index in [1.54, 1.807) is 18.7 Å². The number of hydrogen-bond donors (Lipinski definition) is 3. The van der Waals surface area contributed by atoms with Crippen LogP contribution >= 0.6 is 0 Å². The molecular weight excluding hydrogens is 412 g/mol. The first-order valence-electron chi connectivity index (χ1n) is 10.9. The Morgan fingerprint density at radius 2 is 1.79 bits per heavy atom. The standard InChI is InChI=1S/C26H22N6O/c1-15(2)29-19-9-18(12-27-13-19)16-3-4-23-20(10-16)26(32-31-23)24-11-21-22(30-24)5-7-28-25(21)17-6-8-33-14-17/h3-15,29-30H,1-2H3,(H,31,32). The minimum atomic E-state index is 0.341. The quantitative estimate of drug-likeness (QED) is 0.298. The van der Waals surface area contributed by atoms with E-state index in [9.17, 15) is 0 Å². The molecule has 0 bridgehead atoms. The highest BCUT2D eigenvalue weighted by molar-refractivity contribution is 6.00. The first-order valence-corrected chi connectivity index (χ1v) is 10.9. The average molecular weight is 435 g/mol. The van der Waals surface area contributed by atoms with Gasteiger partial charge in [0, 0.05) is 52.0 Å². The molecule has 0 aliphatic rings. The summed E-state index contributed by atoms with van der Waals surface area (Å²) >= 11 is 0. The first kappa shape index (κ1) is 19.3. The lowest BCUT2D eigenvalue weighted by Crippen LogP contribution is -2.09. The Hall–Kier alpha value is -4.39. The molecule has 5 aromatic heterocycles. The average Bonchev–Trinajstić information content (AvgIpc) is 3.57. The summed E-state index contributed by atoms with van der Waals surface area (Å²) in [5.41, 5.74) is 8.74. The fourth-order valence-electron chi connectivity index (χ4n) is 4.22. The summed E-state index contributed by atoms with van der Waals surface area (Å²) < 4.78 is 5.26. The van der Waals surface area contributed by atoms with Crippen LogP contribution < -0.4 is 5.32 Å². The Labute approximate surface area is 189 Å². The van der Waals surface area contributed by atoms with Crippen LogP contribution in [0, 0.1) is 0 Å². The van der Waals surface area contributed by atoms with E-state index in [0.717, 1.165) is 61.3 Å². The molecule has 0 spiro atoms. The largest absolute Gasteiger partial charge is 0.472 e. The molecule has 1 aromatic carbocycles. The van der Waals surface area contributed by atoms with Gasteiger partial charge in [-0.3, -0.25) is 15.1 Å². The van der Waals surface area contributed by atoms with Gasteiger partial charge < -0.3 is 14.7 Å². The number of anilines is 1. The monoisotopic (exact) mass is 434 g/mol. The highest BCUT2D eigenvalue weighted by atomic mass is 16.3. The SMILES string of the molecule is CC(C)Nc1cncc(-c2ccc3[nH]nc(-c4cc5c(-c6ccoc6)nccc5[nH]4)c3c2)c1. The number of nitrogens with zero attached hydrogens (tertiary/aromatic N) is 3. The maximum absolute atomic E-state index is 5.26. The van der Waals surface area contributed by atoms with Crippen molar-refractivity contribution < 1.29 is 4.42 Å². The number of nitrogens with one attached hydrogen (secondary N) is 3. The molecule has 7 nitrogen and oxygen atoms in total. The zero-order chi connectivity index (χ0) is 22.4. The van der Waals surface area contributed by atoms with E-state index < -0.39 is 0 Å². The van der Waals surface area contributed by atoms with Gasteiger partial charge >= 0.3 is 0 Å². The number of benzene rings is 1. The molecule has 162 valence electrons. The number of aromatic amines is 2. The van der Waals surface area contributed by atoms with Crippen molar-refractivity contribution in [1.29, 1.82) is 0 Å². The van der Waals surface area contributed by atoms with Gasteiger partial charge in [0.25, 0.3) is 0 Å². The zero-order valence-corrected chi connectivity index (χ0v) is 18.3. The van der Waals surface area contributed by atoms with Crippen molar-refractivity contribution in [3.05, 3.63) is 73.6 Å². The number of hydrogen-bond acceptors (Lipinski definition) is 5. The van der Waals surface area contributed by atoms with Gasteiger partial charge in [-0.15, -0.1) is 0 Å². The van der Waals surface area contributed by atoms with Gasteiger partial charge in [0.05, 0.1) is 35.1 Å². The number of aromatic nitrogens is 5. The van der Waals surface area contributed by atoms with E-state index in [1.165, 1.54) is 0 Å². The zero-order valence-electron chi connectivity index (χ0n) is 18.3. The molecule has 0 saturated carbocycles. The van der Waals surface area contributed by atoms with E-state index in [0.29, 0.717) is 6.04 Å². The second-order valence-corrected chi connectivity index (χ2v) is 8.41. The van der Waals surface area contributed by atoms with Crippen molar-refractivity contribution in [3.8, 4) is 33.8 Å². The molecule has 7 heteroatoms.